The van der Waals surface area contributed by atoms with E-state index in [9.17, 15) is 13.2 Å². The van der Waals surface area contributed by atoms with Crippen molar-refractivity contribution in [2.24, 2.45) is 10.9 Å². The summed E-state index contributed by atoms with van der Waals surface area (Å²) in [6.45, 7) is 0.265. The molecule has 0 aromatic rings. The molecule has 0 aromatic heterocycles. The van der Waals surface area contributed by atoms with Crippen LogP contribution in [0.25, 0.3) is 0 Å². The molecule has 1 spiro atoms. The Morgan fingerprint density at radius 2 is 1.81 bits per heavy atom. The molecule has 2 heterocycles. The number of hydrogen-bond acceptors (Lipinski definition) is 4. The Balaban J connectivity index is 1.73. The summed E-state index contributed by atoms with van der Waals surface area (Å²) in [7, 11) is -4.17. The second kappa shape index (κ2) is 5.33. The molecule has 7 nitrogen and oxygen atoms in total. The molecule has 3 rings (SSSR count). The van der Waals surface area contributed by atoms with E-state index in [-0.39, 0.29) is 19.0 Å². The Hall–Kier alpha value is -0.990. The fourth-order valence-electron chi connectivity index (χ4n) is 3.54. The van der Waals surface area contributed by atoms with Crippen molar-refractivity contribution in [3.8, 4) is 0 Å². The fraction of sp³-hybridized carbons (Fsp3) is 0.846. The van der Waals surface area contributed by atoms with E-state index in [2.05, 4.69) is 10.3 Å². The maximum atomic E-state index is 12.3. The van der Waals surface area contributed by atoms with Gasteiger partial charge in [-0.3, -0.25) is 14.3 Å². The van der Waals surface area contributed by atoms with E-state index in [1.807, 2.05) is 0 Å². The van der Waals surface area contributed by atoms with Gasteiger partial charge >= 0.3 is 10.3 Å². The molecular formula is C13H21N3O4S. The topological polar surface area (TPSA) is 99.1 Å². The molecule has 1 aliphatic carbocycles. The van der Waals surface area contributed by atoms with Crippen LogP contribution in [-0.2, 0) is 15.1 Å². The number of hydrogen-bond donors (Lipinski definition) is 2. The Morgan fingerprint density at radius 3 is 2.38 bits per heavy atom. The lowest BCUT2D eigenvalue weighted by atomic mass is 9.88. The van der Waals surface area contributed by atoms with Gasteiger partial charge in [-0.25, -0.2) is 0 Å². The molecule has 21 heavy (non-hydrogen) atoms. The average molecular weight is 315 g/mol. The van der Waals surface area contributed by atoms with Crippen molar-refractivity contribution in [1.29, 1.82) is 0 Å². The summed E-state index contributed by atoms with van der Waals surface area (Å²) in [6.07, 6.45) is 6.36. The largest absolute Gasteiger partial charge is 0.335 e. The number of aliphatic imine (C=N–C) groups is 1. The van der Waals surface area contributed by atoms with Gasteiger partial charge in [0.1, 0.15) is 11.4 Å². The first-order valence-electron chi connectivity index (χ1n) is 7.54. The second-order valence-corrected chi connectivity index (χ2v) is 7.61. The zero-order valence-corrected chi connectivity index (χ0v) is 12.7. The Labute approximate surface area is 124 Å². The molecule has 1 amide bonds. The molecule has 0 atom stereocenters. The lowest BCUT2D eigenvalue weighted by Crippen LogP contribution is -2.50. The van der Waals surface area contributed by atoms with Gasteiger partial charge in [0.15, 0.2) is 0 Å². The molecular weight excluding hydrogens is 294 g/mol. The van der Waals surface area contributed by atoms with Gasteiger partial charge in [0.2, 0.25) is 0 Å². The van der Waals surface area contributed by atoms with E-state index < -0.39 is 15.8 Å². The number of carbonyl (C=O) groups is 1. The first-order valence-corrected chi connectivity index (χ1v) is 8.94. The molecule has 0 radical (unpaired) electrons. The Morgan fingerprint density at radius 1 is 1.19 bits per heavy atom. The van der Waals surface area contributed by atoms with Crippen molar-refractivity contribution in [2.75, 3.05) is 13.1 Å². The first kappa shape index (κ1) is 14.9. The maximum absolute atomic E-state index is 12.3. The SMILES string of the molecule is O=C1NC(C2CCCCC2)=NC12CCN(S(=O)(=O)O)CC2. The highest BCUT2D eigenvalue weighted by atomic mass is 32.2. The van der Waals surface area contributed by atoms with Gasteiger partial charge in [-0.2, -0.15) is 12.7 Å². The van der Waals surface area contributed by atoms with E-state index in [1.165, 1.54) is 19.3 Å². The highest BCUT2D eigenvalue weighted by molar-refractivity contribution is 7.83. The van der Waals surface area contributed by atoms with Crippen LogP contribution >= 0.6 is 0 Å². The lowest BCUT2D eigenvalue weighted by molar-refractivity contribution is -0.125. The van der Waals surface area contributed by atoms with Gasteiger partial charge in [0.25, 0.3) is 5.91 Å². The molecule has 118 valence electrons. The number of rotatable bonds is 2. The van der Waals surface area contributed by atoms with Crippen LogP contribution < -0.4 is 5.32 Å². The van der Waals surface area contributed by atoms with E-state index >= 15 is 0 Å². The predicted octanol–water partition coefficient (Wildman–Crippen LogP) is 0.732. The normalized spacial score (nSPS) is 27.7. The van der Waals surface area contributed by atoms with Gasteiger partial charge in [0.05, 0.1) is 0 Å². The van der Waals surface area contributed by atoms with Crippen molar-refractivity contribution >= 4 is 22.0 Å². The van der Waals surface area contributed by atoms with Crippen LogP contribution in [0.4, 0.5) is 0 Å². The van der Waals surface area contributed by atoms with Crippen molar-refractivity contribution in [3.05, 3.63) is 0 Å². The molecule has 1 saturated carbocycles. The van der Waals surface area contributed by atoms with E-state index in [4.69, 9.17) is 4.55 Å². The minimum Gasteiger partial charge on any atom is -0.312 e. The van der Waals surface area contributed by atoms with Crippen molar-refractivity contribution < 1.29 is 17.8 Å². The third kappa shape index (κ3) is 2.84. The van der Waals surface area contributed by atoms with Gasteiger partial charge in [-0.1, -0.05) is 19.3 Å². The van der Waals surface area contributed by atoms with E-state index in [0.29, 0.717) is 18.8 Å². The molecule has 0 bridgehead atoms. The van der Waals surface area contributed by atoms with Gasteiger partial charge < -0.3 is 5.32 Å². The maximum Gasteiger partial charge on any atom is 0.335 e. The average Bonchev–Trinajstić information content (AvgIpc) is 2.77. The first-order chi connectivity index (χ1) is 9.91. The van der Waals surface area contributed by atoms with Crippen LogP contribution in [0.1, 0.15) is 44.9 Å². The molecule has 3 aliphatic rings. The minimum atomic E-state index is -4.17. The van der Waals surface area contributed by atoms with Gasteiger partial charge in [-0.05, 0) is 25.7 Å². The Bertz CT molecular complexity index is 558. The predicted molar refractivity (Wildman–Crippen MR) is 77.2 cm³/mol. The molecule has 8 heteroatoms. The summed E-state index contributed by atoms with van der Waals surface area (Å²) >= 11 is 0. The summed E-state index contributed by atoms with van der Waals surface area (Å²) in [5.74, 6) is 1.01. The van der Waals surface area contributed by atoms with Crippen LogP contribution in [-0.4, -0.2) is 47.6 Å². The number of carbonyl (C=O) groups excluding carboxylic acids is 1. The zero-order valence-electron chi connectivity index (χ0n) is 11.9. The lowest BCUT2D eigenvalue weighted by Gasteiger charge is -2.33. The summed E-state index contributed by atoms with van der Waals surface area (Å²) in [4.78, 5) is 17.0. The highest BCUT2D eigenvalue weighted by Crippen LogP contribution is 2.34. The standard InChI is InChI=1S/C13H21N3O4S/c17-12-13(6-8-16(9-7-13)21(18,19)20)15-11(14-12)10-4-2-1-3-5-10/h10H,1-9H2,(H,14,15,17)(H,18,19,20). The quantitative estimate of drug-likeness (QED) is 0.734. The molecule has 2 aliphatic heterocycles. The van der Waals surface area contributed by atoms with Crippen molar-refractivity contribution in [3.63, 3.8) is 0 Å². The molecule has 1 saturated heterocycles. The fourth-order valence-corrected chi connectivity index (χ4v) is 4.18. The van der Waals surface area contributed by atoms with Gasteiger partial charge in [-0.15, -0.1) is 0 Å². The molecule has 0 unspecified atom stereocenters. The zero-order chi connectivity index (χ0) is 15.1. The van der Waals surface area contributed by atoms with Crippen LogP contribution in [0.15, 0.2) is 4.99 Å². The summed E-state index contributed by atoms with van der Waals surface area (Å²) in [5, 5.41) is 2.92. The number of nitrogens with zero attached hydrogens (tertiary/aromatic N) is 2. The van der Waals surface area contributed by atoms with Crippen LogP contribution in [0.3, 0.4) is 0 Å². The molecule has 0 aromatic carbocycles. The number of nitrogens with one attached hydrogen (secondary N) is 1. The monoisotopic (exact) mass is 315 g/mol. The molecule has 2 N–H and O–H groups in total. The second-order valence-electron chi connectivity index (χ2n) is 6.19. The Kier molecular flexibility index (Phi) is 3.79. The third-order valence-corrected chi connectivity index (χ3v) is 5.88. The van der Waals surface area contributed by atoms with Crippen LogP contribution in [0.5, 0.6) is 0 Å². The van der Waals surface area contributed by atoms with E-state index in [1.54, 1.807) is 0 Å². The number of piperidine rings is 1. The minimum absolute atomic E-state index is 0.113. The van der Waals surface area contributed by atoms with Crippen LogP contribution in [0, 0.1) is 5.92 Å². The van der Waals surface area contributed by atoms with Crippen LogP contribution in [0.2, 0.25) is 0 Å². The number of amidine groups is 1. The summed E-state index contributed by atoms with van der Waals surface area (Å²) in [6, 6.07) is 0. The van der Waals surface area contributed by atoms with E-state index in [0.717, 1.165) is 23.0 Å². The van der Waals surface area contributed by atoms with Crippen molar-refractivity contribution in [1.82, 2.24) is 9.62 Å². The third-order valence-electron chi connectivity index (χ3n) is 4.87. The highest BCUT2D eigenvalue weighted by Gasteiger charge is 2.48. The smallest absolute Gasteiger partial charge is 0.312 e. The summed E-state index contributed by atoms with van der Waals surface area (Å²) < 4.78 is 32.3. The number of amides is 1. The van der Waals surface area contributed by atoms with Crippen molar-refractivity contribution in [2.45, 2.75) is 50.5 Å². The molecule has 2 fully saturated rings. The summed E-state index contributed by atoms with van der Waals surface area (Å²) in [5.41, 5.74) is -0.825. The van der Waals surface area contributed by atoms with Gasteiger partial charge in [0, 0.05) is 19.0 Å².